The van der Waals surface area contributed by atoms with Gasteiger partial charge in [-0.15, -0.1) is 0 Å². The quantitative estimate of drug-likeness (QED) is 0.264. The van der Waals surface area contributed by atoms with Gasteiger partial charge in [0.2, 0.25) is 11.8 Å². The zero-order valence-electron chi connectivity index (χ0n) is 25.0. The lowest BCUT2D eigenvalue weighted by atomic mass is 9.50. The summed E-state index contributed by atoms with van der Waals surface area (Å²) in [4.78, 5) is 58.0. The second-order valence-corrected chi connectivity index (χ2v) is 12.9. The van der Waals surface area contributed by atoms with Crippen molar-refractivity contribution >= 4 is 52.5 Å². The third kappa shape index (κ3) is 4.27. The molecule has 6 atom stereocenters. The Morgan fingerprint density at radius 2 is 1.76 bits per heavy atom. The Bertz CT molecular complexity index is 1800. The van der Waals surface area contributed by atoms with Crippen molar-refractivity contribution in [3.8, 4) is 5.75 Å². The number of allylic oxidation sites excluding steroid dienone is 2. The molecule has 2 saturated heterocycles. The van der Waals surface area contributed by atoms with Gasteiger partial charge in [0.25, 0.3) is 11.8 Å². The smallest absolute Gasteiger partial charge is 0.260 e. The lowest BCUT2D eigenvalue weighted by Gasteiger charge is -2.49. The number of hydrazine groups is 1. The predicted octanol–water partition coefficient (Wildman–Crippen LogP) is 5.09. The van der Waals surface area contributed by atoms with E-state index in [-0.39, 0.29) is 42.2 Å². The second-order valence-electron chi connectivity index (χ2n) is 12.1. The third-order valence-electron chi connectivity index (χ3n) is 10.1. The van der Waals surface area contributed by atoms with Gasteiger partial charge in [0, 0.05) is 11.6 Å². The number of ether oxygens (including phenoxy) is 1. The van der Waals surface area contributed by atoms with Crippen molar-refractivity contribution in [3.05, 3.63) is 93.4 Å². The molecule has 2 aliphatic carbocycles. The number of anilines is 1. The van der Waals surface area contributed by atoms with Crippen LogP contribution in [-0.4, -0.2) is 52.3 Å². The van der Waals surface area contributed by atoms with Crippen LogP contribution in [0.15, 0.2) is 70.7 Å². The molecule has 238 valence electrons. The number of rotatable bonds is 7. The summed E-state index contributed by atoms with van der Waals surface area (Å²) in [7, 11) is 1.54. The molecule has 0 spiro atoms. The summed E-state index contributed by atoms with van der Waals surface area (Å²) in [5, 5.41) is 11.5. The average Bonchev–Trinajstić information content (AvgIpc) is 3.69. The number of hydrogen-bond donors (Lipinski definition) is 2. The molecular formula is C34H31Cl2N3O7. The Morgan fingerprint density at radius 3 is 2.41 bits per heavy atom. The highest BCUT2D eigenvalue weighted by molar-refractivity contribution is 6.36. The number of likely N-dealkylation sites (tertiary alicyclic amines) is 1. The van der Waals surface area contributed by atoms with Crippen molar-refractivity contribution in [2.75, 3.05) is 19.1 Å². The van der Waals surface area contributed by atoms with Gasteiger partial charge in [0.05, 0.1) is 41.5 Å². The normalized spacial score (nSPS) is 28.6. The van der Waals surface area contributed by atoms with Gasteiger partial charge < -0.3 is 14.3 Å². The van der Waals surface area contributed by atoms with Gasteiger partial charge in [0.1, 0.15) is 29.3 Å². The van der Waals surface area contributed by atoms with E-state index in [2.05, 4.69) is 5.43 Å². The summed E-state index contributed by atoms with van der Waals surface area (Å²) in [5.41, 5.74) is 3.06. The average molecular weight is 665 g/mol. The molecule has 12 heteroatoms. The molecule has 2 aliphatic heterocycles. The molecule has 1 saturated carbocycles. The van der Waals surface area contributed by atoms with E-state index in [4.69, 9.17) is 32.4 Å². The van der Waals surface area contributed by atoms with Crippen molar-refractivity contribution in [3.63, 3.8) is 0 Å². The molecule has 2 N–H and O–H groups in total. The third-order valence-corrected chi connectivity index (χ3v) is 10.7. The Labute approximate surface area is 274 Å². The first-order valence-electron chi connectivity index (χ1n) is 15.1. The number of furan rings is 1. The van der Waals surface area contributed by atoms with Gasteiger partial charge in [0.15, 0.2) is 0 Å². The first-order chi connectivity index (χ1) is 22.1. The largest absolute Gasteiger partial charge is 0.497 e. The molecule has 0 bridgehead atoms. The number of nitrogens with zero attached hydrogens (tertiary/aromatic N) is 2. The molecule has 4 amide bonds. The van der Waals surface area contributed by atoms with Crippen LogP contribution in [-0.2, 0) is 31.2 Å². The van der Waals surface area contributed by atoms with Crippen molar-refractivity contribution in [1.29, 1.82) is 0 Å². The molecule has 2 aromatic carbocycles. The zero-order valence-corrected chi connectivity index (χ0v) is 26.5. The number of carbonyl (C=O) groups is 4. The summed E-state index contributed by atoms with van der Waals surface area (Å²) >= 11 is 12.6. The maximum Gasteiger partial charge on any atom is 0.260 e. The number of amides is 4. The number of carbonyl (C=O) groups excluding carboxylic acids is 4. The highest BCUT2D eigenvalue weighted by Gasteiger charge is 2.71. The van der Waals surface area contributed by atoms with E-state index in [0.29, 0.717) is 34.2 Å². The maximum atomic E-state index is 15.1. The van der Waals surface area contributed by atoms with Crippen LogP contribution in [0.5, 0.6) is 5.75 Å². The van der Waals surface area contributed by atoms with Crippen LogP contribution < -0.4 is 10.2 Å². The molecule has 7 rings (SSSR count). The van der Waals surface area contributed by atoms with Crippen molar-refractivity contribution < 1.29 is 33.4 Å². The summed E-state index contributed by atoms with van der Waals surface area (Å²) in [6, 6.07) is 15.0. The van der Waals surface area contributed by atoms with Crippen LogP contribution in [0.3, 0.4) is 0 Å². The van der Waals surface area contributed by atoms with Crippen LogP contribution in [0.1, 0.15) is 42.8 Å². The molecule has 4 aliphatic rings. The van der Waals surface area contributed by atoms with Gasteiger partial charge in [-0.05, 0) is 73.7 Å². The van der Waals surface area contributed by atoms with Crippen molar-refractivity contribution in [2.45, 2.75) is 37.7 Å². The molecule has 46 heavy (non-hydrogen) atoms. The van der Waals surface area contributed by atoms with E-state index in [9.17, 15) is 19.5 Å². The molecule has 10 nitrogen and oxygen atoms in total. The number of hydrogen-bond acceptors (Lipinski definition) is 8. The first-order valence-corrected chi connectivity index (χ1v) is 15.9. The number of nitrogens with one attached hydrogen (secondary N) is 1. The summed E-state index contributed by atoms with van der Waals surface area (Å²) in [6.07, 6.45) is 2.42. The molecular weight excluding hydrogens is 633 g/mol. The number of benzene rings is 2. The minimum atomic E-state index is -1.52. The minimum absolute atomic E-state index is 0.150. The molecule has 3 heterocycles. The summed E-state index contributed by atoms with van der Waals surface area (Å²) in [5.74, 6) is -3.82. The van der Waals surface area contributed by atoms with Crippen LogP contribution in [0.25, 0.3) is 0 Å². The molecule has 3 fully saturated rings. The van der Waals surface area contributed by atoms with E-state index in [0.717, 1.165) is 10.6 Å². The van der Waals surface area contributed by atoms with Gasteiger partial charge in [-0.1, -0.05) is 47.0 Å². The minimum Gasteiger partial charge on any atom is -0.497 e. The van der Waals surface area contributed by atoms with Crippen LogP contribution in [0, 0.1) is 23.7 Å². The Balaban J connectivity index is 1.45. The number of imide groups is 2. The van der Waals surface area contributed by atoms with E-state index in [1.807, 2.05) is 6.08 Å². The van der Waals surface area contributed by atoms with Crippen molar-refractivity contribution in [2.24, 2.45) is 23.7 Å². The fourth-order valence-corrected chi connectivity index (χ4v) is 8.61. The van der Waals surface area contributed by atoms with Gasteiger partial charge >= 0.3 is 0 Å². The number of aliphatic hydroxyl groups excluding tert-OH is 1. The molecule has 3 aromatic rings. The van der Waals surface area contributed by atoms with Gasteiger partial charge in [-0.2, -0.15) is 5.01 Å². The Hall–Kier alpha value is -4.12. The molecule has 1 aromatic heterocycles. The number of aliphatic hydroxyl groups is 1. The van der Waals surface area contributed by atoms with E-state index in [1.165, 1.54) is 18.1 Å². The van der Waals surface area contributed by atoms with E-state index >= 15 is 4.79 Å². The number of halogens is 2. The van der Waals surface area contributed by atoms with Crippen LogP contribution in [0.2, 0.25) is 10.0 Å². The number of methoxy groups -OCH3 is 1. The lowest BCUT2D eigenvalue weighted by molar-refractivity contribution is -0.141. The van der Waals surface area contributed by atoms with Crippen molar-refractivity contribution in [1.82, 2.24) is 9.91 Å². The monoisotopic (exact) mass is 663 g/mol. The van der Waals surface area contributed by atoms with E-state index in [1.54, 1.807) is 55.5 Å². The topological polar surface area (TPSA) is 129 Å². The first kappa shape index (κ1) is 30.5. The Kier molecular flexibility index (Phi) is 7.49. The summed E-state index contributed by atoms with van der Waals surface area (Å²) in [6.45, 7) is 1.65. The van der Waals surface area contributed by atoms with Gasteiger partial charge in [-0.25, -0.2) is 0 Å². The second kappa shape index (κ2) is 11.3. The SMILES string of the molecule is CCN1C(=O)C2CC=C3C(CC4C(=O)N(Nc5ccc(Cl)cc5Cl)C(=O)C4(c4ccc(OC)cc4)C3c3ccc(CO)o3)C2C1=O. The van der Waals surface area contributed by atoms with Crippen LogP contribution >= 0.6 is 23.2 Å². The fourth-order valence-electron chi connectivity index (χ4n) is 8.16. The molecule has 6 unspecified atom stereocenters. The molecule has 0 radical (unpaired) electrons. The lowest BCUT2D eigenvalue weighted by Crippen LogP contribution is -2.53. The predicted molar refractivity (Wildman–Crippen MR) is 168 cm³/mol. The fraction of sp³-hybridized carbons (Fsp3) is 0.353. The maximum absolute atomic E-state index is 15.1. The highest BCUT2D eigenvalue weighted by Crippen LogP contribution is 2.64. The number of fused-ring (bicyclic) bond motifs is 4. The zero-order chi connectivity index (χ0) is 32.5. The van der Waals surface area contributed by atoms with Gasteiger partial charge in [-0.3, -0.25) is 29.5 Å². The van der Waals surface area contributed by atoms with E-state index < -0.39 is 46.8 Å². The Morgan fingerprint density at radius 1 is 1.00 bits per heavy atom. The standard InChI is InChI=1S/C34H31Cl2N3O7/c1-3-38-30(41)22-11-10-21-23(28(22)32(38)43)15-24-31(42)39(37-26-12-6-18(35)14-25(26)36)33(44)34(24,17-4-7-19(45-2)8-5-17)29(21)27-13-9-20(16-40)46-27/h4-10,12-14,22-24,28-29,37,40H,3,11,15-16H2,1-2H3. The van der Waals surface area contributed by atoms with Crippen LogP contribution in [0.4, 0.5) is 5.69 Å². The highest BCUT2D eigenvalue weighted by atomic mass is 35.5. The summed E-state index contributed by atoms with van der Waals surface area (Å²) < 4.78 is 11.6.